The van der Waals surface area contributed by atoms with Crippen molar-refractivity contribution in [1.29, 1.82) is 0 Å². The van der Waals surface area contributed by atoms with Gasteiger partial charge in [0.15, 0.2) is 0 Å². The third-order valence-electron chi connectivity index (χ3n) is 3.58. The monoisotopic (exact) mass is 343 g/mol. The molecule has 1 aromatic carbocycles. The molecule has 6 nitrogen and oxygen atoms in total. The van der Waals surface area contributed by atoms with Gasteiger partial charge in [0.2, 0.25) is 15.9 Å². The summed E-state index contributed by atoms with van der Waals surface area (Å²) in [6.07, 6.45) is 1.89. The van der Waals surface area contributed by atoms with Crippen molar-refractivity contribution >= 4 is 27.7 Å². The molecule has 1 saturated heterocycles. The highest BCUT2D eigenvalue weighted by Gasteiger charge is 2.25. The zero-order valence-electron chi connectivity index (χ0n) is 12.8. The summed E-state index contributed by atoms with van der Waals surface area (Å²) >= 11 is 1.48. The number of likely N-dealkylation sites (N-methyl/N-ethyl adjacent to an activating group) is 1. The number of piperazine rings is 1. The Labute approximate surface area is 135 Å². The Hall–Kier alpha value is -1.09. The van der Waals surface area contributed by atoms with Gasteiger partial charge in [0.25, 0.3) is 0 Å². The first-order valence-corrected chi connectivity index (χ1v) is 9.70. The van der Waals surface area contributed by atoms with Crippen molar-refractivity contribution in [2.24, 2.45) is 0 Å². The molecule has 1 fully saturated rings. The number of nitrogens with zero attached hydrogens (tertiary/aromatic N) is 2. The molecule has 122 valence electrons. The number of rotatable bonds is 5. The molecule has 2 rings (SSSR count). The molecule has 1 amide bonds. The van der Waals surface area contributed by atoms with Crippen molar-refractivity contribution in [3.63, 3.8) is 0 Å². The minimum Gasteiger partial charge on any atom is -0.339 e. The lowest BCUT2D eigenvalue weighted by Crippen LogP contribution is -2.49. The first-order valence-electron chi connectivity index (χ1n) is 7.04. The van der Waals surface area contributed by atoms with Crippen LogP contribution < -0.4 is 5.32 Å². The zero-order valence-corrected chi connectivity index (χ0v) is 14.4. The summed E-state index contributed by atoms with van der Waals surface area (Å²) < 4.78 is 26.2. The number of carbonyl (C=O) groups excluding carboxylic acids is 1. The summed E-state index contributed by atoms with van der Waals surface area (Å²) in [6, 6.07) is 6.76. The number of hydrogen-bond donors (Lipinski definition) is 1. The van der Waals surface area contributed by atoms with Crippen LogP contribution in [-0.2, 0) is 14.8 Å². The number of amides is 1. The van der Waals surface area contributed by atoms with Gasteiger partial charge >= 0.3 is 0 Å². The quantitative estimate of drug-likeness (QED) is 0.787. The SMILES string of the molecule is CSc1cccc(S(=O)(=O)N(C)CC(=O)N2CCNCC2)c1. The summed E-state index contributed by atoms with van der Waals surface area (Å²) in [5, 5.41) is 3.16. The summed E-state index contributed by atoms with van der Waals surface area (Å²) in [6.45, 7) is 2.60. The van der Waals surface area contributed by atoms with E-state index in [1.54, 1.807) is 23.1 Å². The van der Waals surface area contributed by atoms with Gasteiger partial charge in [0, 0.05) is 38.1 Å². The van der Waals surface area contributed by atoms with E-state index in [0.29, 0.717) is 13.1 Å². The molecule has 0 atom stereocenters. The second kappa shape index (κ2) is 7.45. The van der Waals surface area contributed by atoms with Gasteiger partial charge in [-0.1, -0.05) is 6.07 Å². The van der Waals surface area contributed by atoms with Gasteiger partial charge in [-0.3, -0.25) is 4.79 Å². The second-order valence-corrected chi connectivity index (χ2v) is 8.00. The Morgan fingerprint density at radius 2 is 2.05 bits per heavy atom. The van der Waals surface area contributed by atoms with Crippen LogP contribution in [0.3, 0.4) is 0 Å². The lowest BCUT2D eigenvalue weighted by atomic mass is 10.3. The molecule has 0 unspecified atom stereocenters. The van der Waals surface area contributed by atoms with E-state index in [1.807, 2.05) is 12.3 Å². The van der Waals surface area contributed by atoms with Crippen molar-refractivity contribution in [3.8, 4) is 0 Å². The van der Waals surface area contributed by atoms with Crippen molar-refractivity contribution in [3.05, 3.63) is 24.3 Å². The molecule has 0 spiro atoms. The number of nitrogens with one attached hydrogen (secondary N) is 1. The fraction of sp³-hybridized carbons (Fsp3) is 0.500. The van der Waals surface area contributed by atoms with E-state index in [4.69, 9.17) is 0 Å². The second-order valence-electron chi connectivity index (χ2n) is 5.07. The highest BCUT2D eigenvalue weighted by Crippen LogP contribution is 2.21. The number of sulfonamides is 1. The molecule has 0 bridgehead atoms. The molecule has 0 radical (unpaired) electrons. The molecular formula is C14H21N3O3S2. The van der Waals surface area contributed by atoms with Crippen LogP contribution in [0.15, 0.2) is 34.1 Å². The fourth-order valence-corrected chi connectivity index (χ4v) is 3.93. The summed E-state index contributed by atoms with van der Waals surface area (Å²) in [5.41, 5.74) is 0. The maximum absolute atomic E-state index is 12.6. The maximum atomic E-state index is 12.6. The molecule has 0 aromatic heterocycles. The van der Waals surface area contributed by atoms with Crippen LogP contribution in [0.25, 0.3) is 0 Å². The first-order chi connectivity index (χ1) is 10.4. The molecule has 1 heterocycles. The molecule has 1 N–H and O–H groups in total. The van der Waals surface area contributed by atoms with Gasteiger partial charge < -0.3 is 10.2 Å². The number of hydrogen-bond acceptors (Lipinski definition) is 5. The van der Waals surface area contributed by atoms with Crippen molar-refractivity contribution in [2.75, 3.05) is 46.0 Å². The lowest BCUT2D eigenvalue weighted by molar-refractivity contribution is -0.131. The summed E-state index contributed by atoms with van der Waals surface area (Å²) in [7, 11) is -2.20. The molecule has 1 aliphatic rings. The minimum absolute atomic E-state index is 0.133. The third-order valence-corrected chi connectivity index (χ3v) is 6.10. The van der Waals surface area contributed by atoms with E-state index in [1.165, 1.54) is 18.8 Å². The normalized spacial score (nSPS) is 16.0. The van der Waals surface area contributed by atoms with Crippen LogP contribution in [0.4, 0.5) is 0 Å². The van der Waals surface area contributed by atoms with E-state index in [-0.39, 0.29) is 17.3 Å². The Bertz CT molecular complexity index is 628. The van der Waals surface area contributed by atoms with Crippen LogP contribution in [0.1, 0.15) is 0 Å². The van der Waals surface area contributed by atoms with Gasteiger partial charge in [-0.25, -0.2) is 8.42 Å². The van der Waals surface area contributed by atoms with Crippen LogP contribution in [-0.4, -0.2) is 69.6 Å². The molecule has 0 aliphatic carbocycles. The van der Waals surface area contributed by atoms with Crippen molar-refractivity contribution in [1.82, 2.24) is 14.5 Å². The average Bonchev–Trinajstić information content (AvgIpc) is 2.55. The van der Waals surface area contributed by atoms with Crippen LogP contribution >= 0.6 is 11.8 Å². The van der Waals surface area contributed by atoms with Gasteiger partial charge in [-0.15, -0.1) is 11.8 Å². The molecule has 1 aliphatic heterocycles. The average molecular weight is 343 g/mol. The van der Waals surface area contributed by atoms with Gasteiger partial charge in [0.1, 0.15) is 0 Å². The van der Waals surface area contributed by atoms with Crippen LogP contribution in [0, 0.1) is 0 Å². The molecular weight excluding hydrogens is 322 g/mol. The standard InChI is InChI=1S/C14H21N3O3S2/c1-16(11-14(18)17-8-6-15-7-9-17)22(19,20)13-5-3-4-12(10-13)21-2/h3-5,10,15H,6-9,11H2,1-2H3. The van der Waals surface area contributed by atoms with Crippen LogP contribution in [0.2, 0.25) is 0 Å². The Morgan fingerprint density at radius 3 is 2.68 bits per heavy atom. The van der Waals surface area contributed by atoms with Gasteiger partial charge in [0.05, 0.1) is 11.4 Å². The van der Waals surface area contributed by atoms with Crippen molar-refractivity contribution < 1.29 is 13.2 Å². The molecule has 8 heteroatoms. The van der Waals surface area contributed by atoms with Crippen LogP contribution in [0.5, 0.6) is 0 Å². The Balaban J connectivity index is 2.09. The van der Waals surface area contributed by atoms with E-state index in [9.17, 15) is 13.2 Å². The zero-order chi connectivity index (χ0) is 16.2. The molecule has 0 saturated carbocycles. The maximum Gasteiger partial charge on any atom is 0.243 e. The molecule has 1 aromatic rings. The van der Waals surface area contributed by atoms with Crippen molar-refractivity contribution in [2.45, 2.75) is 9.79 Å². The Morgan fingerprint density at radius 1 is 1.36 bits per heavy atom. The van der Waals surface area contributed by atoms with Gasteiger partial charge in [-0.05, 0) is 24.5 Å². The molecule has 22 heavy (non-hydrogen) atoms. The highest BCUT2D eigenvalue weighted by atomic mass is 32.2. The summed E-state index contributed by atoms with van der Waals surface area (Å²) in [5.74, 6) is -0.159. The lowest BCUT2D eigenvalue weighted by Gasteiger charge is -2.29. The fourth-order valence-electron chi connectivity index (χ4n) is 2.23. The van der Waals surface area contributed by atoms with E-state index in [0.717, 1.165) is 22.3 Å². The van der Waals surface area contributed by atoms with E-state index in [2.05, 4.69) is 5.32 Å². The first kappa shape index (κ1) is 17.3. The number of benzene rings is 1. The van der Waals surface area contributed by atoms with E-state index >= 15 is 0 Å². The minimum atomic E-state index is -3.65. The smallest absolute Gasteiger partial charge is 0.243 e. The Kier molecular flexibility index (Phi) is 5.85. The largest absolute Gasteiger partial charge is 0.339 e. The third kappa shape index (κ3) is 4.01. The number of thioether (sulfide) groups is 1. The number of carbonyl (C=O) groups is 1. The van der Waals surface area contributed by atoms with E-state index < -0.39 is 10.0 Å². The highest BCUT2D eigenvalue weighted by molar-refractivity contribution is 7.98. The topological polar surface area (TPSA) is 69.7 Å². The van der Waals surface area contributed by atoms with Gasteiger partial charge in [-0.2, -0.15) is 4.31 Å². The summed E-state index contributed by atoms with van der Waals surface area (Å²) in [4.78, 5) is 15.0. The predicted octanol–water partition coefficient (Wildman–Crippen LogP) is 0.461. The predicted molar refractivity (Wildman–Crippen MR) is 87.5 cm³/mol.